The van der Waals surface area contributed by atoms with Gasteiger partial charge in [0, 0.05) is 22.7 Å². The first-order valence-electron chi connectivity index (χ1n) is 9.71. The molecule has 0 aliphatic heterocycles. The number of hydrogen-bond donors (Lipinski definition) is 1. The van der Waals surface area contributed by atoms with Crippen molar-refractivity contribution in [2.75, 3.05) is 5.32 Å². The van der Waals surface area contributed by atoms with E-state index < -0.39 is 0 Å². The van der Waals surface area contributed by atoms with Gasteiger partial charge in [-0.15, -0.1) is 21.5 Å². The topological polar surface area (TPSA) is 55.6 Å². The molecule has 4 aromatic rings. The van der Waals surface area contributed by atoms with Crippen LogP contribution in [0.15, 0.2) is 71.2 Å². The summed E-state index contributed by atoms with van der Waals surface area (Å²) in [5.41, 5.74) is 3.39. The van der Waals surface area contributed by atoms with Crippen LogP contribution in [-0.4, -0.2) is 19.7 Å². The van der Waals surface area contributed by atoms with E-state index in [1.54, 1.807) is 23.1 Å². The molecule has 1 fully saturated rings. The molecule has 0 amide bonds. The number of nitrogens with one attached hydrogen (secondary N) is 1. The second-order valence-electron chi connectivity index (χ2n) is 7.11. The standard InChI is InChI=1S/C22H21N5S2/c1-3-7-16(8-4-1)13-27-20(17-11-12-17)25-26-22(27)29-15-19-14-28-21(24-19)23-18-9-5-2-6-10-18/h1-10,14,17H,11-13,15H2,(H,23,24). The van der Waals surface area contributed by atoms with E-state index in [0.717, 1.165) is 39.8 Å². The molecule has 1 saturated carbocycles. The lowest BCUT2D eigenvalue weighted by atomic mass is 10.2. The van der Waals surface area contributed by atoms with Crippen LogP contribution in [0.3, 0.4) is 0 Å². The van der Waals surface area contributed by atoms with E-state index >= 15 is 0 Å². The normalized spacial score (nSPS) is 13.5. The monoisotopic (exact) mass is 419 g/mol. The van der Waals surface area contributed by atoms with Gasteiger partial charge in [-0.3, -0.25) is 0 Å². The number of thioether (sulfide) groups is 1. The summed E-state index contributed by atoms with van der Waals surface area (Å²) in [6.07, 6.45) is 2.44. The lowest BCUT2D eigenvalue weighted by Crippen LogP contribution is -2.06. The number of nitrogens with zero attached hydrogens (tertiary/aromatic N) is 4. The van der Waals surface area contributed by atoms with Gasteiger partial charge in [-0.2, -0.15) is 0 Å². The smallest absolute Gasteiger partial charge is 0.191 e. The first kappa shape index (κ1) is 18.4. The van der Waals surface area contributed by atoms with Crippen molar-refractivity contribution in [1.29, 1.82) is 0 Å². The Morgan fingerprint density at radius 1 is 1.00 bits per heavy atom. The molecule has 1 aliphatic carbocycles. The van der Waals surface area contributed by atoms with Crippen molar-refractivity contribution in [3.8, 4) is 0 Å². The number of benzene rings is 2. The molecule has 0 saturated heterocycles. The minimum absolute atomic E-state index is 0.571. The number of rotatable bonds is 8. The van der Waals surface area contributed by atoms with Gasteiger partial charge in [0.15, 0.2) is 10.3 Å². The van der Waals surface area contributed by atoms with Gasteiger partial charge in [-0.05, 0) is 30.5 Å². The quantitative estimate of drug-likeness (QED) is 0.372. The highest BCUT2D eigenvalue weighted by atomic mass is 32.2. The average molecular weight is 420 g/mol. The molecule has 7 heteroatoms. The first-order chi connectivity index (χ1) is 14.3. The molecule has 29 heavy (non-hydrogen) atoms. The van der Waals surface area contributed by atoms with Crippen LogP contribution >= 0.6 is 23.1 Å². The lowest BCUT2D eigenvalue weighted by molar-refractivity contribution is 0.667. The van der Waals surface area contributed by atoms with Crippen LogP contribution in [0, 0.1) is 0 Å². The summed E-state index contributed by atoms with van der Waals surface area (Å²) >= 11 is 3.34. The lowest BCUT2D eigenvalue weighted by Gasteiger charge is -2.09. The Morgan fingerprint density at radius 2 is 1.76 bits per heavy atom. The van der Waals surface area contributed by atoms with Gasteiger partial charge in [-0.25, -0.2) is 4.98 Å². The Labute approximate surface area is 178 Å². The van der Waals surface area contributed by atoms with Crippen LogP contribution < -0.4 is 5.32 Å². The fourth-order valence-corrected chi connectivity index (χ4v) is 4.85. The second kappa shape index (κ2) is 8.39. The maximum Gasteiger partial charge on any atom is 0.191 e. The first-order valence-corrected chi connectivity index (χ1v) is 11.6. The van der Waals surface area contributed by atoms with Gasteiger partial charge in [0.1, 0.15) is 5.82 Å². The zero-order chi connectivity index (χ0) is 19.5. The number of para-hydroxylation sites is 1. The number of aromatic nitrogens is 4. The largest absolute Gasteiger partial charge is 0.332 e. The van der Waals surface area contributed by atoms with Crippen LogP contribution in [0.1, 0.15) is 35.8 Å². The molecule has 2 aromatic heterocycles. The van der Waals surface area contributed by atoms with Gasteiger partial charge in [0.25, 0.3) is 0 Å². The van der Waals surface area contributed by atoms with Crippen LogP contribution in [-0.2, 0) is 12.3 Å². The number of anilines is 2. The third-order valence-electron chi connectivity index (χ3n) is 4.80. The number of hydrogen-bond acceptors (Lipinski definition) is 6. The summed E-state index contributed by atoms with van der Waals surface area (Å²) < 4.78 is 2.28. The minimum Gasteiger partial charge on any atom is -0.332 e. The van der Waals surface area contributed by atoms with Gasteiger partial charge in [0.05, 0.1) is 12.2 Å². The fraction of sp³-hybridized carbons (Fsp3) is 0.227. The van der Waals surface area contributed by atoms with Crippen molar-refractivity contribution >= 4 is 33.9 Å². The third kappa shape index (κ3) is 4.52. The maximum absolute atomic E-state index is 4.72. The van der Waals surface area contributed by atoms with Gasteiger partial charge in [-0.1, -0.05) is 60.3 Å². The summed E-state index contributed by atoms with van der Waals surface area (Å²) in [4.78, 5) is 4.72. The predicted octanol–water partition coefficient (Wildman–Crippen LogP) is 5.70. The van der Waals surface area contributed by atoms with Crippen molar-refractivity contribution in [1.82, 2.24) is 19.7 Å². The molecule has 1 aliphatic rings. The fourth-order valence-electron chi connectivity index (χ4n) is 3.18. The zero-order valence-corrected chi connectivity index (χ0v) is 17.5. The average Bonchev–Trinajstić information content (AvgIpc) is 3.38. The molecule has 0 unspecified atom stereocenters. The molecule has 1 N–H and O–H groups in total. The summed E-state index contributed by atoms with van der Waals surface area (Å²) in [7, 11) is 0. The third-order valence-corrected chi connectivity index (χ3v) is 6.60. The SMILES string of the molecule is c1ccc(Cn2c(SCc3csc(Nc4ccccc4)n3)nnc2C2CC2)cc1. The molecule has 0 bridgehead atoms. The van der Waals surface area contributed by atoms with E-state index in [0.29, 0.717) is 5.92 Å². The van der Waals surface area contributed by atoms with Crippen LogP contribution in [0.25, 0.3) is 0 Å². The summed E-state index contributed by atoms with van der Waals surface area (Å²) in [6, 6.07) is 20.7. The molecule has 2 heterocycles. The molecule has 2 aromatic carbocycles. The van der Waals surface area contributed by atoms with E-state index in [4.69, 9.17) is 4.98 Å². The van der Waals surface area contributed by atoms with Crippen molar-refractivity contribution in [3.63, 3.8) is 0 Å². The van der Waals surface area contributed by atoms with Gasteiger partial charge >= 0.3 is 0 Å². The molecular weight excluding hydrogens is 398 g/mol. The van der Waals surface area contributed by atoms with Crippen LogP contribution in [0.2, 0.25) is 0 Å². The Morgan fingerprint density at radius 3 is 2.52 bits per heavy atom. The Balaban J connectivity index is 1.28. The highest BCUT2D eigenvalue weighted by molar-refractivity contribution is 7.98. The Hall–Kier alpha value is -2.64. The molecule has 0 spiro atoms. The summed E-state index contributed by atoms with van der Waals surface area (Å²) in [6.45, 7) is 0.819. The van der Waals surface area contributed by atoms with Gasteiger partial charge < -0.3 is 9.88 Å². The molecule has 146 valence electrons. The minimum atomic E-state index is 0.571. The van der Waals surface area contributed by atoms with Gasteiger partial charge in [0.2, 0.25) is 0 Å². The van der Waals surface area contributed by atoms with Crippen LogP contribution in [0.4, 0.5) is 10.8 Å². The number of thiazole rings is 1. The summed E-state index contributed by atoms with van der Waals surface area (Å²) in [5.74, 6) is 2.48. The van der Waals surface area contributed by atoms with E-state index in [1.165, 1.54) is 18.4 Å². The predicted molar refractivity (Wildman–Crippen MR) is 119 cm³/mol. The summed E-state index contributed by atoms with van der Waals surface area (Å²) in [5, 5.41) is 16.4. The van der Waals surface area contributed by atoms with E-state index in [2.05, 4.69) is 55.8 Å². The van der Waals surface area contributed by atoms with Crippen molar-refractivity contribution < 1.29 is 0 Å². The highest BCUT2D eigenvalue weighted by Crippen LogP contribution is 2.40. The van der Waals surface area contributed by atoms with E-state index in [9.17, 15) is 0 Å². The Bertz CT molecular complexity index is 1070. The highest BCUT2D eigenvalue weighted by Gasteiger charge is 2.30. The Kier molecular flexibility index (Phi) is 5.32. The zero-order valence-electron chi connectivity index (χ0n) is 15.9. The maximum atomic E-state index is 4.72. The second-order valence-corrected chi connectivity index (χ2v) is 8.91. The van der Waals surface area contributed by atoms with E-state index in [1.807, 2.05) is 30.3 Å². The van der Waals surface area contributed by atoms with Crippen molar-refractivity contribution in [2.45, 2.75) is 36.2 Å². The van der Waals surface area contributed by atoms with Crippen LogP contribution in [0.5, 0.6) is 0 Å². The molecule has 0 radical (unpaired) electrons. The van der Waals surface area contributed by atoms with Crippen molar-refractivity contribution in [2.24, 2.45) is 0 Å². The molecular formula is C22H21N5S2. The molecule has 5 rings (SSSR count). The molecule has 5 nitrogen and oxygen atoms in total. The molecule has 0 atom stereocenters. The van der Waals surface area contributed by atoms with Crippen molar-refractivity contribution in [3.05, 3.63) is 83.1 Å². The van der Waals surface area contributed by atoms with E-state index in [-0.39, 0.29) is 0 Å².